The Morgan fingerprint density at radius 2 is 1.83 bits per heavy atom. The number of imidazole rings is 1. The maximum absolute atomic E-state index is 14.1. The molecule has 0 fully saturated rings. The highest BCUT2D eigenvalue weighted by molar-refractivity contribution is 6.80. The molecule has 29 heavy (non-hydrogen) atoms. The standard InChI is InChI=1S/C24H30N2O2Si/c1-23(2,3)29(6,7)15-24(4)18-14-16(28-5)12-13-17(18)21-25-19-10-8-9-11-20(19)26(21)22(24)27/h8-14H,15H2,1-7H3. The van der Waals surface area contributed by atoms with Gasteiger partial charge in [0.15, 0.2) is 0 Å². The van der Waals surface area contributed by atoms with Crippen LogP contribution in [0.4, 0.5) is 0 Å². The summed E-state index contributed by atoms with van der Waals surface area (Å²) >= 11 is 0. The summed E-state index contributed by atoms with van der Waals surface area (Å²) in [5.41, 5.74) is 3.19. The van der Waals surface area contributed by atoms with E-state index in [9.17, 15) is 4.79 Å². The second-order valence-corrected chi connectivity index (χ2v) is 15.7. The summed E-state index contributed by atoms with van der Waals surface area (Å²) in [7, 11) is -0.0928. The van der Waals surface area contributed by atoms with E-state index in [1.54, 1.807) is 7.11 Å². The van der Waals surface area contributed by atoms with Crippen molar-refractivity contribution in [2.24, 2.45) is 0 Å². The Balaban J connectivity index is 2.02. The Morgan fingerprint density at radius 1 is 1.14 bits per heavy atom. The fourth-order valence-electron chi connectivity index (χ4n) is 4.40. The molecule has 2 heterocycles. The van der Waals surface area contributed by atoms with Crippen molar-refractivity contribution in [3.8, 4) is 17.1 Å². The van der Waals surface area contributed by atoms with Gasteiger partial charge in [-0.2, -0.15) is 0 Å². The summed E-state index contributed by atoms with van der Waals surface area (Å²) in [4.78, 5) is 18.9. The normalized spacial score (nSPS) is 19.2. The second kappa shape index (κ2) is 6.30. The van der Waals surface area contributed by atoms with Gasteiger partial charge in [0.05, 0.1) is 31.6 Å². The van der Waals surface area contributed by atoms with Gasteiger partial charge in [-0.05, 0) is 53.9 Å². The van der Waals surface area contributed by atoms with Crippen LogP contribution in [0.3, 0.4) is 0 Å². The number of carbonyl (C=O) groups excluding carboxylic acids is 1. The Hall–Kier alpha value is -2.40. The zero-order valence-electron chi connectivity index (χ0n) is 18.5. The zero-order chi connectivity index (χ0) is 21.2. The van der Waals surface area contributed by atoms with Gasteiger partial charge in [-0.25, -0.2) is 4.98 Å². The van der Waals surface area contributed by atoms with Gasteiger partial charge in [-0.15, -0.1) is 0 Å². The van der Waals surface area contributed by atoms with Gasteiger partial charge in [0.25, 0.3) is 0 Å². The maximum atomic E-state index is 14.1. The summed E-state index contributed by atoms with van der Waals surface area (Å²) in [5.74, 6) is 1.64. The first kappa shape index (κ1) is 19.9. The first-order chi connectivity index (χ1) is 13.5. The van der Waals surface area contributed by atoms with Crippen LogP contribution in [0.25, 0.3) is 22.4 Å². The van der Waals surface area contributed by atoms with Crippen LogP contribution in [-0.2, 0) is 5.41 Å². The van der Waals surface area contributed by atoms with E-state index in [2.05, 4.69) is 46.9 Å². The third-order valence-corrected chi connectivity index (χ3v) is 12.8. The fourth-order valence-corrected chi connectivity index (χ4v) is 7.04. The van der Waals surface area contributed by atoms with E-state index in [1.807, 2.05) is 41.0 Å². The largest absolute Gasteiger partial charge is 0.497 e. The second-order valence-electron chi connectivity index (χ2n) is 10.1. The number of hydrogen-bond acceptors (Lipinski definition) is 3. The van der Waals surface area contributed by atoms with Crippen molar-refractivity contribution < 1.29 is 9.53 Å². The number of fused-ring (bicyclic) bond motifs is 5. The molecule has 1 aliphatic heterocycles. The molecule has 0 bridgehead atoms. The molecule has 4 nitrogen and oxygen atoms in total. The van der Waals surface area contributed by atoms with Crippen LogP contribution < -0.4 is 4.74 Å². The number of methoxy groups -OCH3 is 1. The molecule has 0 radical (unpaired) electrons. The molecule has 2 aromatic carbocycles. The van der Waals surface area contributed by atoms with Gasteiger partial charge >= 0.3 is 0 Å². The predicted molar refractivity (Wildman–Crippen MR) is 122 cm³/mol. The highest BCUT2D eigenvalue weighted by Gasteiger charge is 2.50. The Labute approximate surface area is 173 Å². The topological polar surface area (TPSA) is 44.1 Å². The molecular weight excluding hydrogens is 376 g/mol. The quantitative estimate of drug-likeness (QED) is 0.491. The highest BCUT2D eigenvalue weighted by atomic mass is 28.3. The van der Waals surface area contributed by atoms with Crippen molar-refractivity contribution in [1.82, 2.24) is 9.55 Å². The average Bonchev–Trinajstić information content (AvgIpc) is 3.04. The number of carbonyl (C=O) groups is 1. The fraction of sp³-hybridized carbons (Fsp3) is 0.417. The van der Waals surface area contributed by atoms with Crippen LogP contribution in [0.2, 0.25) is 24.2 Å². The molecule has 152 valence electrons. The minimum absolute atomic E-state index is 0.117. The van der Waals surface area contributed by atoms with Gasteiger partial charge < -0.3 is 4.74 Å². The molecule has 0 aliphatic carbocycles. The zero-order valence-corrected chi connectivity index (χ0v) is 19.5. The number of benzene rings is 2. The minimum atomic E-state index is -1.77. The lowest BCUT2D eigenvalue weighted by Crippen LogP contribution is -2.49. The van der Waals surface area contributed by atoms with Crippen molar-refractivity contribution in [2.75, 3.05) is 7.11 Å². The van der Waals surface area contributed by atoms with Crippen molar-refractivity contribution in [1.29, 1.82) is 0 Å². The number of hydrogen-bond donors (Lipinski definition) is 0. The van der Waals surface area contributed by atoms with E-state index in [1.165, 1.54) is 0 Å². The summed E-state index contributed by atoms with van der Waals surface area (Å²) in [6, 6.07) is 14.8. The van der Waals surface area contributed by atoms with Crippen molar-refractivity contribution in [2.45, 2.75) is 57.3 Å². The molecule has 1 aromatic heterocycles. The van der Waals surface area contributed by atoms with Gasteiger partial charge in [-0.3, -0.25) is 9.36 Å². The molecule has 0 N–H and O–H groups in total. The van der Waals surface area contributed by atoms with Crippen molar-refractivity contribution in [3.63, 3.8) is 0 Å². The highest BCUT2D eigenvalue weighted by Crippen LogP contribution is 2.50. The summed E-state index contributed by atoms with van der Waals surface area (Å²) in [6.45, 7) is 13.8. The maximum Gasteiger partial charge on any atom is 0.242 e. The van der Waals surface area contributed by atoms with Crippen molar-refractivity contribution >= 4 is 25.0 Å². The first-order valence-corrected chi connectivity index (χ1v) is 13.4. The molecular formula is C24H30N2O2Si. The third-order valence-electron chi connectivity index (χ3n) is 7.12. The molecule has 1 atom stereocenters. The monoisotopic (exact) mass is 406 g/mol. The van der Waals surface area contributed by atoms with Crippen molar-refractivity contribution in [3.05, 3.63) is 48.0 Å². The molecule has 1 aliphatic rings. The van der Waals surface area contributed by atoms with Crippen LogP contribution >= 0.6 is 0 Å². The van der Waals surface area contributed by atoms with E-state index >= 15 is 0 Å². The van der Waals surface area contributed by atoms with Gasteiger partial charge in [-0.1, -0.05) is 46.0 Å². The first-order valence-electron chi connectivity index (χ1n) is 10.2. The molecule has 1 unspecified atom stereocenters. The SMILES string of the molecule is COc1ccc2c(c1)C(C)(C[Si](C)(C)C(C)(C)C)C(=O)n1c-2nc2ccccc21. The number of ether oxygens (including phenoxy) is 1. The smallest absolute Gasteiger partial charge is 0.242 e. The summed E-state index contributed by atoms with van der Waals surface area (Å²) in [6.07, 6.45) is 0. The van der Waals surface area contributed by atoms with E-state index in [4.69, 9.17) is 9.72 Å². The lowest BCUT2D eigenvalue weighted by Gasteiger charge is -2.45. The van der Waals surface area contributed by atoms with Crippen LogP contribution in [0.1, 0.15) is 38.1 Å². The number of nitrogens with zero attached hydrogens (tertiary/aromatic N) is 2. The Bertz CT molecular complexity index is 1120. The Kier molecular flexibility index (Phi) is 4.32. The van der Waals surface area contributed by atoms with Gasteiger partial charge in [0.1, 0.15) is 11.6 Å². The van der Waals surface area contributed by atoms with E-state index in [-0.39, 0.29) is 10.9 Å². The average molecular weight is 407 g/mol. The van der Waals surface area contributed by atoms with Crippen LogP contribution in [0, 0.1) is 0 Å². The number of para-hydroxylation sites is 2. The van der Waals surface area contributed by atoms with Crippen LogP contribution in [0.15, 0.2) is 42.5 Å². The molecule has 3 aromatic rings. The molecule has 0 saturated heterocycles. The molecule has 0 amide bonds. The number of aromatic nitrogens is 2. The molecule has 0 spiro atoms. The van der Waals surface area contributed by atoms with Crippen LogP contribution in [-0.4, -0.2) is 30.6 Å². The lowest BCUT2D eigenvalue weighted by molar-refractivity contribution is 0.0821. The molecule has 5 heteroatoms. The van der Waals surface area contributed by atoms with Gasteiger partial charge in [0.2, 0.25) is 5.91 Å². The van der Waals surface area contributed by atoms with Crippen LogP contribution in [0.5, 0.6) is 5.75 Å². The van der Waals surface area contributed by atoms with Gasteiger partial charge in [0, 0.05) is 5.56 Å². The van der Waals surface area contributed by atoms with E-state index in [0.717, 1.165) is 39.8 Å². The third kappa shape index (κ3) is 2.86. The van der Waals surface area contributed by atoms with E-state index < -0.39 is 13.5 Å². The predicted octanol–water partition coefficient (Wildman–Crippen LogP) is 6.13. The summed E-state index contributed by atoms with van der Waals surface area (Å²) < 4.78 is 7.37. The lowest BCUT2D eigenvalue weighted by atomic mass is 9.78. The number of rotatable bonds is 3. The van der Waals surface area contributed by atoms with E-state index in [0.29, 0.717) is 0 Å². The minimum Gasteiger partial charge on any atom is -0.497 e. The molecule has 4 rings (SSSR count). The Morgan fingerprint density at radius 3 is 2.48 bits per heavy atom. The molecule has 0 saturated carbocycles. The summed E-state index contributed by atoms with van der Waals surface area (Å²) in [5, 5.41) is 0.187.